The minimum atomic E-state index is -0.958. The third-order valence-electron chi connectivity index (χ3n) is 7.16. The van der Waals surface area contributed by atoms with Crippen molar-refractivity contribution in [2.45, 2.75) is 19.4 Å². The van der Waals surface area contributed by atoms with E-state index in [2.05, 4.69) is 33.4 Å². The van der Waals surface area contributed by atoms with E-state index >= 15 is 0 Å². The number of benzene rings is 2. The van der Waals surface area contributed by atoms with Crippen LogP contribution in [-0.2, 0) is 6.42 Å². The Bertz CT molecular complexity index is 1510. The Morgan fingerprint density at radius 2 is 1.86 bits per heavy atom. The van der Waals surface area contributed by atoms with Gasteiger partial charge >= 0.3 is 5.97 Å². The molecule has 1 saturated heterocycles. The smallest absolute Gasteiger partial charge is 0.347 e. The number of hydrogen-bond acceptors (Lipinski definition) is 5. The van der Waals surface area contributed by atoms with Gasteiger partial charge in [-0.05, 0) is 23.3 Å². The molecule has 0 unspecified atom stereocenters. The number of carbonyl (C=O) groups excluding carboxylic acids is 1. The summed E-state index contributed by atoms with van der Waals surface area (Å²) < 4.78 is 0. The highest BCUT2D eigenvalue weighted by Gasteiger charge is 2.57. The van der Waals surface area contributed by atoms with Gasteiger partial charge in [0.2, 0.25) is 0 Å². The lowest BCUT2D eigenvalue weighted by molar-refractivity contribution is 0.0700. The zero-order valence-electron chi connectivity index (χ0n) is 19.2. The molecule has 0 radical (unpaired) electrons. The molecule has 36 heavy (non-hydrogen) atoms. The van der Waals surface area contributed by atoms with Crippen LogP contribution in [-0.4, -0.2) is 46.1 Å². The molecule has 1 aliphatic carbocycles. The van der Waals surface area contributed by atoms with Crippen molar-refractivity contribution in [3.8, 4) is 0 Å². The van der Waals surface area contributed by atoms with Crippen LogP contribution in [0.5, 0.6) is 0 Å². The first kappa shape index (κ1) is 23.3. The van der Waals surface area contributed by atoms with Gasteiger partial charge < -0.3 is 20.3 Å². The van der Waals surface area contributed by atoms with Crippen LogP contribution in [0.4, 0.5) is 5.13 Å². The van der Waals surface area contributed by atoms with E-state index in [-0.39, 0.29) is 39.4 Å². The molecular formula is C26H22Cl2N4O3S. The van der Waals surface area contributed by atoms with Crippen LogP contribution >= 0.6 is 34.5 Å². The molecule has 1 aliphatic heterocycles. The number of nitrogens with zero attached hydrogens (tertiary/aromatic N) is 2. The second kappa shape index (κ2) is 8.80. The standard InChI is InChI=1S/C26H22Cl2N4O3S/c1-12-19(27)20(28)22(29-12)24(33)31-21-16-10-32(11-17(16)21)26-30-18(23(36-26)25(34)35)9-14-7-4-6-13-5-2-3-8-15(13)14/h2-8,16-17,21,29H,9-11H2,1H3,(H,31,33)(H,34,35)/t16-,17+,21+. The summed E-state index contributed by atoms with van der Waals surface area (Å²) in [4.78, 5) is 34.8. The number of carboxylic acid groups (broad SMARTS) is 1. The fourth-order valence-electron chi connectivity index (χ4n) is 5.24. The monoisotopic (exact) mass is 540 g/mol. The number of piperidine rings is 1. The van der Waals surface area contributed by atoms with Crippen molar-refractivity contribution < 1.29 is 14.7 Å². The van der Waals surface area contributed by atoms with Gasteiger partial charge in [0.05, 0.1) is 15.7 Å². The van der Waals surface area contributed by atoms with Gasteiger partial charge in [-0.15, -0.1) is 0 Å². The normalized spacial score (nSPS) is 20.5. The number of hydrogen-bond donors (Lipinski definition) is 3. The molecule has 10 heteroatoms. The Hall–Kier alpha value is -3.07. The van der Waals surface area contributed by atoms with Crippen molar-refractivity contribution in [2.75, 3.05) is 18.0 Å². The van der Waals surface area contributed by atoms with Gasteiger partial charge in [-0.3, -0.25) is 4.79 Å². The van der Waals surface area contributed by atoms with Crippen molar-refractivity contribution in [3.05, 3.63) is 80.0 Å². The van der Waals surface area contributed by atoms with Crippen LogP contribution in [0.25, 0.3) is 10.8 Å². The number of aryl methyl sites for hydroxylation is 1. The molecule has 3 N–H and O–H groups in total. The van der Waals surface area contributed by atoms with Gasteiger partial charge in [-0.1, -0.05) is 77.0 Å². The first-order chi connectivity index (χ1) is 17.3. The van der Waals surface area contributed by atoms with Gasteiger partial charge in [0.1, 0.15) is 10.6 Å². The van der Waals surface area contributed by atoms with E-state index in [9.17, 15) is 14.7 Å². The van der Waals surface area contributed by atoms with E-state index in [1.54, 1.807) is 6.92 Å². The Balaban J connectivity index is 1.16. The summed E-state index contributed by atoms with van der Waals surface area (Å²) in [6.45, 7) is 3.20. The third kappa shape index (κ3) is 3.93. The number of anilines is 1. The van der Waals surface area contributed by atoms with Gasteiger partial charge in [0, 0.05) is 43.1 Å². The molecule has 2 aromatic carbocycles. The highest BCUT2D eigenvalue weighted by atomic mass is 35.5. The maximum absolute atomic E-state index is 12.7. The zero-order chi connectivity index (χ0) is 25.1. The molecule has 0 bridgehead atoms. The lowest BCUT2D eigenvalue weighted by Gasteiger charge is -2.19. The van der Waals surface area contributed by atoms with Crippen LogP contribution in [0.15, 0.2) is 42.5 Å². The number of carboxylic acids is 1. The molecule has 184 valence electrons. The number of carbonyl (C=O) groups is 2. The predicted octanol–water partition coefficient (Wildman–Crippen LogP) is 5.39. The van der Waals surface area contributed by atoms with Gasteiger partial charge in [-0.25, -0.2) is 9.78 Å². The number of aromatic carboxylic acids is 1. The summed E-state index contributed by atoms with van der Waals surface area (Å²) >= 11 is 13.5. The number of aromatic amines is 1. The van der Waals surface area contributed by atoms with Gasteiger partial charge in [-0.2, -0.15) is 0 Å². The molecule has 2 fully saturated rings. The summed E-state index contributed by atoms with van der Waals surface area (Å²) in [6, 6.07) is 14.2. The number of thiazole rings is 1. The molecule has 1 saturated carbocycles. The maximum atomic E-state index is 12.7. The number of H-pyrrole nitrogens is 1. The van der Waals surface area contributed by atoms with Crippen LogP contribution in [0, 0.1) is 18.8 Å². The van der Waals surface area contributed by atoms with E-state index in [0.29, 0.717) is 35.9 Å². The summed E-state index contributed by atoms with van der Waals surface area (Å²) in [5.74, 6) is -0.642. The second-order valence-electron chi connectivity index (χ2n) is 9.38. The fraction of sp³-hybridized carbons (Fsp3) is 0.269. The number of halogens is 2. The molecule has 0 spiro atoms. The fourth-order valence-corrected chi connectivity index (χ4v) is 6.59. The van der Waals surface area contributed by atoms with E-state index < -0.39 is 5.97 Å². The highest BCUT2D eigenvalue weighted by Crippen LogP contribution is 2.48. The quantitative estimate of drug-likeness (QED) is 0.304. The molecule has 7 nitrogen and oxygen atoms in total. The molecule has 1 amide bonds. The SMILES string of the molecule is Cc1[nH]c(C(=O)N[C@H]2[C@@H]3CN(c4nc(Cc5cccc6ccccc56)c(C(=O)O)s4)C[C@@H]32)c(Cl)c1Cl. The van der Waals surface area contributed by atoms with Crippen molar-refractivity contribution in [1.82, 2.24) is 15.3 Å². The van der Waals surface area contributed by atoms with E-state index in [0.717, 1.165) is 21.5 Å². The highest BCUT2D eigenvalue weighted by molar-refractivity contribution is 7.17. The Labute approximate surface area is 221 Å². The Morgan fingerprint density at radius 3 is 2.56 bits per heavy atom. The maximum Gasteiger partial charge on any atom is 0.347 e. The van der Waals surface area contributed by atoms with E-state index in [4.69, 9.17) is 28.2 Å². The van der Waals surface area contributed by atoms with Gasteiger partial charge in [0.25, 0.3) is 5.91 Å². The molecule has 6 rings (SSSR count). The number of rotatable bonds is 6. The van der Waals surface area contributed by atoms with Crippen molar-refractivity contribution in [2.24, 2.45) is 11.8 Å². The molecule has 2 aliphatic rings. The van der Waals surface area contributed by atoms with Crippen LogP contribution in [0.1, 0.15) is 37.1 Å². The summed E-state index contributed by atoms with van der Waals surface area (Å²) in [5.41, 5.74) is 2.58. The van der Waals surface area contributed by atoms with Crippen LogP contribution in [0.2, 0.25) is 10.0 Å². The summed E-state index contributed by atoms with van der Waals surface area (Å²) in [7, 11) is 0. The minimum Gasteiger partial charge on any atom is -0.477 e. The summed E-state index contributed by atoms with van der Waals surface area (Å²) in [5, 5.41) is 16.4. The number of aromatic nitrogens is 2. The first-order valence-electron chi connectivity index (χ1n) is 11.6. The summed E-state index contributed by atoms with van der Waals surface area (Å²) in [6.07, 6.45) is 0.456. The Morgan fingerprint density at radius 1 is 1.14 bits per heavy atom. The lowest BCUT2D eigenvalue weighted by atomic mass is 10.0. The first-order valence-corrected chi connectivity index (χ1v) is 13.2. The van der Waals surface area contributed by atoms with Crippen molar-refractivity contribution >= 4 is 62.3 Å². The topological polar surface area (TPSA) is 98.3 Å². The largest absolute Gasteiger partial charge is 0.477 e. The average Bonchev–Trinajstić information content (AvgIpc) is 3.22. The zero-order valence-corrected chi connectivity index (χ0v) is 21.5. The van der Waals surface area contributed by atoms with Crippen molar-refractivity contribution in [3.63, 3.8) is 0 Å². The van der Waals surface area contributed by atoms with Crippen LogP contribution in [0.3, 0.4) is 0 Å². The third-order valence-corrected chi connectivity index (χ3v) is 9.25. The van der Waals surface area contributed by atoms with Crippen LogP contribution < -0.4 is 10.2 Å². The number of nitrogens with one attached hydrogen (secondary N) is 2. The van der Waals surface area contributed by atoms with E-state index in [1.165, 1.54) is 11.3 Å². The number of amides is 1. The Kier molecular flexibility index (Phi) is 5.70. The lowest BCUT2D eigenvalue weighted by Crippen LogP contribution is -2.34. The molecule has 2 aromatic heterocycles. The molecular weight excluding hydrogens is 519 g/mol. The van der Waals surface area contributed by atoms with E-state index in [1.807, 2.05) is 24.3 Å². The second-order valence-corrected chi connectivity index (χ2v) is 11.1. The minimum absolute atomic E-state index is 0.0567. The number of fused-ring (bicyclic) bond motifs is 2. The predicted molar refractivity (Wildman–Crippen MR) is 142 cm³/mol. The molecule has 4 aromatic rings. The molecule has 3 heterocycles. The average molecular weight is 541 g/mol. The molecule has 3 atom stereocenters. The van der Waals surface area contributed by atoms with Crippen molar-refractivity contribution in [1.29, 1.82) is 0 Å². The van der Waals surface area contributed by atoms with Gasteiger partial charge in [0.15, 0.2) is 5.13 Å².